The number of nitrogens with one attached hydrogen (secondary N) is 2. The van der Waals surface area contributed by atoms with Crippen LogP contribution in [-0.2, 0) is 11.3 Å². The molecule has 2 aromatic carbocycles. The lowest BCUT2D eigenvalue weighted by molar-refractivity contribution is -0.115. The van der Waals surface area contributed by atoms with Crippen LogP contribution in [0.3, 0.4) is 0 Å². The molecule has 0 saturated carbocycles. The molecule has 1 unspecified atom stereocenters. The van der Waals surface area contributed by atoms with Crippen molar-refractivity contribution in [2.45, 2.75) is 25.4 Å². The van der Waals surface area contributed by atoms with Gasteiger partial charge in [0.25, 0.3) is 0 Å². The van der Waals surface area contributed by atoms with Crippen molar-refractivity contribution >= 4 is 23.2 Å². The third-order valence-corrected chi connectivity index (χ3v) is 4.69. The van der Waals surface area contributed by atoms with E-state index in [9.17, 15) is 4.79 Å². The van der Waals surface area contributed by atoms with Crippen LogP contribution in [0.5, 0.6) is 0 Å². The van der Waals surface area contributed by atoms with E-state index >= 15 is 0 Å². The number of benzene rings is 2. The summed E-state index contributed by atoms with van der Waals surface area (Å²) in [6.07, 6.45) is 2.27. The second-order valence-corrected chi connectivity index (χ2v) is 6.93. The predicted octanol–water partition coefficient (Wildman–Crippen LogP) is 3.53. The number of rotatable bonds is 6. The molecule has 4 nitrogen and oxygen atoms in total. The largest absolute Gasteiger partial charge is 0.325 e. The van der Waals surface area contributed by atoms with E-state index < -0.39 is 0 Å². The maximum Gasteiger partial charge on any atom is 0.238 e. The first-order valence-electron chi connectivity index (χ1n) is 8.74. The molecular formula is C20H24ClN3O. The number of halogens is 1. The van der Waals surface area contributed by atoms with Crippen LogP contribution in [0, 0.1) is 0 Å². The number of hydrogen-bond donors (Lipinski definition) is 2. The van der Waals surface area contributed by atoms with Gasteiger partial charge in [0, 0.05) is 29.8 Å². The molecule has 5 heteroatoms. The molecule has 0 aromatic heterocycles. The molecule has 0 spiro atoms. The number of amides is 1. The molecule has 1 amide bonds. The third kappa shape index (κ3) is 5.85. The van der Waals surface area contributed by atoms with E-state index in [0.29, 0.717) is 17.6 Å². The molecule has 3 rings (SSSR count). The van der Waals surface area contributed by atoms with Crippen LogP contribution in [0.4, 0.5) is 5.69 Å². The molecule has 1 aliphatic rings. The molecule has 2 aromatic rings. The minimum Gasteiger partial charge on any atom is -0.325 e. The molecule has 0 aliphatic carbocycles. The van der Waals surface area contributed by atoms with Crippen molar-refractivity contribution in [3.05, 3.63) is 65.2 Å². The zero-order chi connectivity index (χ0) is 17.5. The summed E-state index contributed by atoms with van der Waals surface area (Å²) in [5, 5.41) is 6.94. The standard InChI is InChI=1S/C20H24ClN3O/c21-17-8-10-18(11-9-17)23-20(25)13-22-19-7-4-12-24(15-19)14-16-5-2-1-3-6-16/h1-3,5-6,8-11,19,22H,4,7,12-15H2,(H,23,25). The van der Waals surface area contributed by atoms with E-state index in [1.165, 1.54) is 5.56 Å². The molecule has 132 valence electrons. The van der Waals surface area contributed by atoms with Crippen LogP contribution >= 0.6 is 11.6 Å². The molecule has 1 atom stereocenters. The number of likely N-dealkylation sites (tertiary alicyclic amines) is 1. The number of hydrogen-bond acceptors (Lipinski definition) is 3. The fourth-order valence-corrected chi connectivity index (χ4v) is 3.31. The lowest BCUT2D eigenvalue weighted by Crippen LogP contribution is -2.47. The average Bonchev–Trinajstić information content (AvgIpc) is 2.63. The highest BCUT2D eigenvalue weighted by Crippen LogP contribution is 2.15. The van der Waals surface area contributed by atoms with Crippen LogP contribution in [0.1, 0.15) is 18.4 Å². The van der Waals surface area contributed by atoms with Crippen molar-refractivity contribution in [1.29, 1.82) is 0 Å². The Morgan fingerprint density at radius 3 is 2.64 bits per heavy atom. The highest BCUT2D eigenvalue weighted by molar-refractivity contribution is 6.30. The second-order valence-electron chi connectivity index (χ2n) is 6.50. The normalized spacial score (nSPS) is 18.0. The first kappa shape index (κ1) is 17.9. The zero-order valence-electron chi connectivity index (χ0n) is 14.2. The van der Waals surface area contributed by atoms with Crippen molar-refractivity contribution in [2.75, 3.05) is 25.0 Å². The van der Waals surface area contributed by atoms with Gasteiger partial charge < -0.3 is 10.6 Å². The van der Waals surface area contributed by atoms with Crippen LogP contribution in [0.25, 0.3) is 0 Å². The number of piperidine rings is 1. The monoisotopic (exact) mass is 357 g/mol. The maximum absolute atomic E-state index is 12.1. The molecular weight excluding hydrogens is 334 g/mol. The minimum absolute atomic E-state index is 0.0255. The molecule has 0 bridgehead atoms. The molecule has 1 heterocycles. The van der Waals surface area contributed by atoms with Gasteiger partial charge in [-0.3, -0.25) is 9.69 Å². The highest BCUT2D eigenvalue weighted by atomic mass is 35.5. The van der Waals surface area contributed by atoms with Crippen LogP contribution in [0.2, 0.25) is 5.02 Å². The average molecular weight is 358 g/mol. The summed E-state index contributed by atoms with van der Waals surface area (Å²) in [4.78, 5) is 14.5. The van der Waals surface area contributed by atoms with Crippen LogP contribution in [0.15, 0.2) is 54.6 Å². The molecule has 1 aliphatic heterocycles. The van der Waals surface area contributed by atoms with Gasteiger partial charge in [0.2, 0.25) is 5.91 Å². The first-order valence-corrected chi connectivity index (χ1v) is 9.12. The Morgan fingerprint density at radius 1 is 1.12 bits per heavy atom. The quantitative estimate of drug-likeness (QED) is 0.831. The number of carbonyl (C=O) groups excluding carboxylic acids is 1. The Balaban J connectivity index is 1.43. The van der Waals surface area contributed by atoms with E-state index in [-0.39, 0.29) is 5.91 Å². The summed E-state index contributed by atoms with van der Waals surface area (Å²) in [6, 6.07) is 18.0. The van der Waals surface area contributed by atoms with E-state index in [4.69, 9.17) is 11.6 Å². The van der Waals surface area contributed by atoms with E-state index in [0.717, 1.165) is 38.2 Å². The lowest BCUT2D eigenvalue weighted by Gasteiger charge is -2.33. The van der Waals surface area contributed by atoms with Crippen molar-refractivity contribution in [3.63, 3.8) is 0 Å². The Kier molecular flexibility index (Phi) is 6.45. The van der Waals surface area contributed by atoms with Gasteiger partial charge in [-0.15, -0.1) is 0 Å². The highest BCUT2D eigenvalue weighted by Gasteiger charge is 2.20. The van der Waals surface area contributed by atoms with Gasteiger partial charge in [0.05, 0.1) is 6.54 Å². The molecule has 1 saturated heterocycles. The second kappa shape index (κ2) is 8.99. The Hall–Kier alpha value is -1.88. The topological polar surface area (TPSA) is 44.4 Å². The van der Waals surface area contributed by atoms with Gasteiger partial charge >= 0.3 is 0 Å². The Morgan fingerprint density at radius 2 is 1.88 bits per heavy atom. The molecule has 0 radical (unpaired) electrons. The van der Waals surface area contributed by atoms with E-state index in [2.05, 4.69) is 39.8 Å². The van der Waals surface area contributed by atoms with Crippen molar-refractivity contribution < 1.29 is 4.79 Å². The summed E-state index contributed by atoms with van der Waals surface area (Å²) >= 11 is 5.85. The van der Waals surface area contributed by atoms with E-state index in [1.807, 2.05) is 18.2 Å². The fourth-order valence-electron chi connectivity index (χ4n) is 3.18. The van der Waals surface area contributed by atoms with Gasteiger partial charge in [-0.2, -0.15) is 0 Å². The van der Waals surface area contributed by atoms with Crippen molar-refractivity contribution in [3.8, 4) is 0 Å². The van der Waals surface area contributed by atoms with Crippen molar-refractivity contribution in [1.82, 2.24) is 10.2 Å². The van der Waals surface area contributed by atoms with Gasteiger partial charge in [-0.05, 0) is 49.2 Å². The summed E-state index contributed by atoms with van der Waals surface area (Å²) in [7, 11) is 0. The maximum atomic E-state index is 12.1. The summed E-state index contributed by atoms with van der Waals surface area (Å²) in [5.74, 6) is -0.0255. The van der Waals surface area contributed by atoms with Gasteiger partial charge in [-0.25, -0.2) is 0 Å². The van der Waals surface area contributed by atoms with Gasteiger partial charge in [-0.1, -0.05) is 41.9 Å². The Labute approximate surface area is 154 Å². The third-order valence-electron chi connectivity index (χ3n) is 4.43. The zero-order valence-corrected chi connectivity index (χ0v) is 15.0. The number of carbonyl (C=O) groups is 1. The number of nitrogens with zero attached hydrogens (tertiary/aromatic N) is 1. The van der Waals surface area contributed by atoms with E-state index in [1.54, 1.807) is 12.1 Å². The minimum atomic E-state index is -0.0255. The predicted molar refractivity (Wildman–Crippen MR) is 103 cm³/mol. The summed E-state index contributed by atoms with van der Waals surface area (Å²) < 4.78 is 0. The SMILES string of the molecule is O=C(CNC1CCCN(Cc2ccccc2)C1)Nc1ccc(Cl)cc1. The van der Waals surface area contributed by atoms with Crippen molar-refractivity contribution in [2.24, 2.45) is 0 Å². The number of anilines is 1. The molecule has 2 N–H and O–H groups in total. The fraction of sp³-hybridized carbons (Fsp3) is 0.350. The molecule has 1 fully saturated rings. The Bertz CT molecular complexity index is 675. The van der Waals surface area contributed by atoms with Crippen LogP contribution < -0.4 is 10.6 Å². The molecule has 25 heavy (non-hydrogen) atoms. The smallest absolute Gasteiger partial charge is 0.238 e. The summed E-state index contributed by atoms with van der Waals surface area (Å²) in [5.41, 5.74) is 2.11. The lowest BCUT2D eigenvalue weighted by atomic mass is 10.0. The van der Waals surface area contributed by atoms with Gasteiger partial charge in [0.15, 0.2) is 0 Å². The summed E-state index contributed by atoms with van der Waals surface area (Å²) in [6.45, 7) is 3.38. The van der Waals surface area contributed by atoms with Gasteiger partial charge in [0.1, 0.15) is 0 Å². The van der Waals surface area contributed by atoms with Crippen LogP contribution in [-0.4, -0.2) is 36.5 Å². The first-order chi connectivity index (χ1) is 12.2.